The lowest BCUT2D eigenvalue weighted by molar-refractivity contribution is 0.586. The van der Waals surface area contributed by atoms with Gasteiger partial charge in [-0.15, -0.1) is 0 Å². The van der Waals surface area contributed by atoms with Gasteiger partial charge in [0.1, 0.15) is 5.82 Å². The highest BCUT2D eigenvalue weighted by atomic mass is 32.2. The van der Waals surface area contributed by atoms with E-state index in [-0.39, 0.29) is 16.0 Å². The van der Waals surface area contributed by atoms with Crippen molar-refractivity contribution in [3.63, 3.8) is 0 Å². The van der Waals surface area contributed by atoms with Gasteiger partial charge < -0.3 is 5.73 Å². The lowest BCUT2D eigenvalue weighted by Gasteiger charge is -2.09. The van der Waals surface area contributed by atoms with Crippen LogP contribution in [0.5, 0.6) is 0 Å². The highest BCUT2D eigenvalue weighted by molar-refractivity contribution is 7.90. The minimum atomic E-state index is -3.71. The molecule has 2 rings (SSSR count). The average Bonchev–Trinajstić information content (AvgIpc) is 2.43. The largest absolute Gasteiger partial charge is 0.399 e. The van der Waals surface area contributed by atoms with Crippen LogP contribution in [0.1, 0.15) is 16.7 Å². The molecule has 21 heavy (non-hydrogen) atoms. The summed E-state index contributed by atoms with van der Waals surface area (Å²) in [6, 6.07) is 10.1. The van der Waals surface area contributed by atoms with Crippen molar-refractivity contribution < 1.29 is 12.8 Å². The maximum atomic E-state index is 13.8. The summed E-state index contributed by atoms with van der Waals surface area (Å²) in [4.78, 5) is 0.0891. The number of hydrogen-bond donors (Lipinski definition) is 1. The fourth-order valence-corrected chi connectivity index (χ4v) is 3.64. The molecular formula is C15H13FN2O2S. The fraction of sp³-hybridized carbons (Fsp3) is 0.133. The molecule has 0 bridgehead atoms. The molecule has 6 heteroatoms. The predicted octanol–water partition coefficient (Wildman–Crippen LogP) is 2.56. The Morgan fingerprint density at radius 2 is 1.95 bits per heavy atom. The molecule has 0 radical (unpaired) electrons. The molecule has 108 valence electrons. The van der Waals surface area contributed by atoms with E-state index in [0.717, 1.165) is 6.07 Å². The van der Waals surface area contributed by atoms with Crippen LogP contribution in [0.2, 0.25) is 0 Å². The first-order valence-corrected chi connectivity index (χ1v) is 7.76. The summed E-state index contributed by atoms with van der Waals surface area (Å²) in [6.07, 6.45) is 0. The number of nitriles is 1. The molecular weight excluding hydrogens is 291 g/mol. The van der Waals surface area contributed by atoms with Gasteiger partial charge in [0.15, 0.2) is 9.84 Å². The maximum absolute atomic E-state index is 13.8. The summed E-state index contributed by atoms with van der Waals surface area (Å²) in [5.41, 5.74) is 6.67. The number of nitrogens with zero attached hydrogens (tertiary/aromatic N) is 1. The van der Waals surface area contributed by atoms with Crippen molar-refractivity contribution >= 4 is 15.5 Å². The Bertz CT molecular complexity index is 839. The number of hydrogen-bond acceptors (Lipinski definition) is 4. The molecule has 0 unspecified atom stereocenters. The number of halogens is 1. The van der Waals surface area contributed by atoms with Gasteiger partial charge in [0.25, 0.3) is 0 Å². The van der Waals surface area contributed by atoms with Crippen LogP contribution in [0.15, 0.2) is 41.3 Å². The lowest BCUT2D eigenvalue weighted by Crippen LogP contribution is -2.09. The van der Waals surface area contributed by atoms with E-state index < -0.39 is 21.4 Å². The Morgan fingerprint density at radius 1 is 1.24 bits per heavy atom. The first kappa shape index (κ1) is 15.0. The summed E-state index contributed by atoms with van der Waals surface area (Å²) in [6.45, 7) is 1.65. The first-order valence-electron chi connectivity index (χ1n) is 6.11. The van der Waals surface area contributed by atoms with Crippen LogP contribution in [0.25, 0.3) is 0 Å². The second kappa shape index (κ2) is 5.54. The van der Waals surface area contributed by atoms with Crippen molar-refractivity contribution in [2.24, 2.45) is 0 Å². The lowest BCUT2D eigenvalue weighted by atomic mass is 10.1. The monoisotopic (exact) mass is 304 g/mol. The Labute approximate surface area is 122 Å². The highest BCUT2D eigenvalue weighted by Gasteiger charge is 2.20. The van der Waals surface area contributed by atoms with Crippen LogP contribution < -0.4 is 5.73 Å². The Hall–Kier alpha value is -2.39. The minimum Gasteiger partial charge on any atom is -0.399 e. The van der Waals surface area contributed by atoms with Gasteiger partial charge in [-0.3, -0.25) is 0 Å². The predicted molar refractivity (Wildman–Crippen MR) is 77.6 cm³/mol. The Balaban J connectivity index is 2.43. The molecule has 0 heterocycles. The number of sulfone groups is 1. The van der Waals surface area contributed by atoms with E-state index >= 15 is 0 Å². The molecule has 0 aromatic heterocycles. The molecule has 0 spiro atoms. The van der Waals surface area contributed by atoms with Gasteiger partial charge in [0.05, 0.1) is 22.3 Å². The van der Waals surface area contributed by atoms with Crippen molar-refractivity contribution in [1.82, 2.24) is 0 Å². The number of rotatable bonds is 3. The van der Waals surface area contributed by atoms with Crippen molar-refractivity contribution in [3.05, 3.63) is 58.9 Å². The van der Waals surface area contributed by atoms with E-state index in [2.05, 4.69) is 0 Å². The minimum absolute atomic E-state index is 0.0239. The summed E-state index contributed by atoms with van der Waals surface area (Å²) < 4.78 is 38.6. The van der Waals surface area contributed by atoms with Crippen molar-refractivity contribution in [3.8, 4) is 6.07 Å². The average molecular weight is 304 g/mol. The van der Waals surface area contributed by atoms with Crippen LogP contribution >= 0.6 is 0 Å². The van der Waals surface area contributed by atoms with Crippen LogP contribution in [0.3, 0.4) is 0 Å². The summed E-state index contributed by atoms with van der Waals surface area (Å²) in [5, 5.41) is 8.68. The van der Waals surface area contributed by atoms with Gasteiger partial charge in [-0.05, 0) is 36.8 Å². The fourth-order valence-electron chi connectivity index (χ4n) is 1.97. The summed E-state index contributed by atoms with van der Waals surface area (Å²) >= 11 is 0. The summed E-state index contributed by atoms with van der Waals surface area (Å²) in [5.74, 6) is -1.19. The quantitative estimate of drug-likeness (QED) is 0.883. The molecule has 0 saturated heterocycles. The molecule has 2 aromatic carbocycles. The van der Waals surface area contributed by atoms with Gasteiger partial charge in [-0.25, -0.2) is 12.8 Å². The number of nitrogens with two attached hydrogens (primary N) is 1. The molecule has 0 aliphatic heterocycles. The number of benzene rings is 2. The second-order valence-electron chi connectivity index (χ2n) is 4.70. The van der Waals surface area contributed by atoms with Crippen LogP contribution in [0.4, 0.5) is 10.1 Å². The Morgan fingerprint density at radius 3 is 2.57 bits per heavy atom. The molecule has 0 saturated carbocycles. The Kier molecular flexibility index (Phi) is 3.96. The normalized spacial score (nSPS) is 11.1. The zero-order valence-corrected chi connectivity index (χ0v) is 12.1. The molecule has 2 N–H and O–H groups in total. The van der Waals surface area contributed by atoms with E-state index in [9.17, 15) is 12.8 Å². The third-order valence-electron chi connectivity index (χ3n) is 3.07. The zero-order chi connectivity index (χ0) is 15.6. The molecule has 0 aliphatic carbocycles. The maximum Gasteiger partial charge on any atom is 0.182 e. The van der Waals surface area contributed by atoms with Crippen molar-refractivity contribution in [2.75, 3.05) is 5.73 Å². The number of aryl methyl sites for hydroxylation is 1. The summed E-state index contributed by atoms with van der Waals surface area (Å²) in [7, 11) is -3.71. The van der Waals surface area contributed by atoms with Gasteiger partial charge in [0.2, 0.25) is 0 Å². The SMILES string of the molecule is Cc1ccc(N)cc1S(=O)(=O)Cc1ccc(C#N)cc1F. The topological polar surface area (TPSA) is 84.0 Å². The van der Waals surface area contributed by atoms with Gasteiger partial charge in [-0.1, -0.05) is 12.1 Å². The third kappa shape index (κ3) is 3.20. The smallest absolute Gasteiger partial charge is 0.182 e. The van der Waals surface area contributed by atoms with E-state index in [4.69, 9.17) is 11.0 Å². The number of nitrogen functional groups attached to an aromatic ring is 1. The first-order chi connectivity index (χ1) is 9.83. The molecule has 0 fully saturated rings. The van der Waals surface area contributed by atoms with Crippen molar-refractivity contribution in [1.29, 1.82) is 5.26 Å². The molecule has 0 amide bonds. The van der Waals surface area contributed by atoms with Gasteiger partial charge in [0, 0.05) is 11.3 Å². The molecule has 4 nitrogen and oxygen atoms in total. The van der Waals surface area contributed by atoms with E-state index in [1.54, 1.807) is 25.1 Å². The highest BCUT2D eigenvalue weighted by Crippen LogP contribution is 2.23. The third-order valence-corrected chi connectivity index (χ3v) is 4.88. The van der Waals surface area contributed by atoms with Gasteiger partial charge >= 0.3 is 0 Å². The molecule has 0 aliphatic rings. The van der Waals surface area contributed by atoms with E-state index in [1.807, 2.05) is 0 Å². The molecule has 2 aromatic rings. The standard InChI is InChI=1S/C15H13FN2O2S/c1-10-2-5-13(18)7-15(10)21(19,20)9-12-4-3-11(8-17)6-14(12)16/h2-7H,9,18H2,1H3. The van der Waals surface area contributed by atoms with Crippen molar-refractivity contribution in [2.45, 2.75) is 17.6 Å². The molecule has 0 atom stereocenters. The zero-order valence-electron chi connectivity index (χ0n) is 11.3. The van der Waals surface area contributed by atoms with Crippen LogP contribution in [-0.4, -0.2) is 8.42 Å². The second-order valence-corrected chi connectivity index (χ2v) is 6.66. The van der Waals surface area contributed by atoms with Gasteiger partial charge in [-0.2, -0.15) is 5.26 Å². The van der Waals surface area contributed by atoms with Crippen LogP contribution in [-0.2, 0) is 15.6 Å². The number of anilines is 1. The van der Waals surface area contributed by atoms with E-state index in [1.165, 1.54) is 18.2 Å². The van der Waals surface area contributed by atoms with E-state index in [0.29, 0.717) is 11.3 Å². The van der Waals surface area contributed by atoms with Crippen LogP contribution in [0, 0.1) is 24.1 Å².